The number of aromatic nitrogens is 1. The number of para-hydroxylation sites is 1. The summed E-state index contributed by atoms with van der Waals surface area (Å²) in [5.41, 5.74) is 2.83. The molecule has 1 aliphatic heterocycles. The maximum atomic E-state index is 12.7. The molecule has 6 nitrogen and oxygen atoms in total. The first kappa shape index (κ1) is 21.1. The minimum atomic E-state index is -0.204. The second-order valence-electron chi connectivity index (χ2n) is 7.69. The van der Waals surface area contributed by atoms with Crippen molar-refractivity contribution in [2.24, 2.45) is 0 Å². The lowest BCUT2D eigenvalue weighted by Gasteiger charge is -2.32. The van der Waals surface area contributed by atoms with Crippen LogP contribution in [0.25, 0.3) is 0 Å². The van der Waals surface area contributed by atoms with E-state index in [0.717, 1.165) is 35.7 Å². The summed E-state index contributed by atoms with van der Waals surface area (Å²) >= 11 is 1.60. The molecule has 0 radical (unpaired) electrons. The average Bonchev–Trinajstić information content (AvgIpc) is 3.22. The number of nitrogens with one attached hydrogen (secondary N) is 2. The van der Waals surface area contributed by atoms with E-state index in [1.165, 1.54) is 5.56 Å². The van der Waals surface area contributed by atoms with Crippen LogP contribution in [0.3, 0.4) is 0 Å². The van der Waals surface area contributed by atoms with Crippen molar-refractivity contribution < 1.29 is 9.59 Å². The molecule has 2 aromatic carbocycles. The topological polar surface area (TPSA) is 74.3 Å². The summed E-state index contributed by atoms with van der Waals surface area (Å²) in [6.45, 7) is 1.30. The van der Waals surface area contributed by atoms with E-state index in [4.69, 9.17) is 0 Å². The third kappa shape index (κ3) is 6.15. The first-order chi connectivity index (χ1) is 15.2. The third-order valence-electron chi connectivity index (χ3n) is 5.34. The maximum absolute atomic E-state index is 12.7. The Morgan fingerprint density at radius 3 is 2.39 bits per heavy atom. The number of thiazole rings is 1. The molecule has 4 rings (SSSR count). The van der Waals surface area contributed by atoms with E-state index in [-0.39, 0.29) is 18.0 Å². The monoisotopic (exact) mass is 434 g/mol. The number of hydrogen-bond acceptors (Lipinski definition) is 4. The second-order valence-corrected chi connectivity index (χ2v) is 8.63. The molecule has 1 aliphatic rings. The number of nitrogens with zero attached hydrogens (tertiary/aromatic N) is 2. The highest BCUT2D eigenvalue weighted by molar-refractivity contribution is 7.09. The second kappa shape index (κ2) is 10.2. The molecule has 2 N–H and O–H groups in total. The van der Waals surface area contributed by atoms with Gasteiger partial charge in [-0.2, -0.15) is 0 Å². The number of rotatable bonds is 6. The van der Waals surface area contributed by atoms with Crippen LogP contribution in [-0.4, -0.2) is 41.0 Å². The lowest BCUT2D eigenvalue weighted by atomic mass is 10.0. The molecule has 0 aliphatic carbocycles. The van der Waals surface area contributed by atoms with Crippen molar-refractivity contribution in [3.63, 3.8) is 0 Å². The molecule has 0 unspecified atom stereocenters. The van der Waals surface area contributed by atoms with E-state index in [0.29, 0.717) is 19.5 Å². The van der Waals surface area contributed by atoms with Crippen LogP contribution < -0.4 is 10.6 Å². The number of urea groups is 1. The standard InChI is InChI=1S/C24H26N4O2S/c29-23(16-21-17-31-22(25-21)15-18-7-3-1-4-8-18)28-13-11-20(12-14-28)27-24(30)26-19-9-5-2-6-10-19/h1-10,17,20H,11-16H2,(H2,26,27,30). The Kier molecular flexibility index (Phi) is 6.94. The Hall–Kier alpha value is -3.19. The molecule has 0 atom stereocenters. The number of piperidine rings is 1. The van der Waals surface area contributed by atoms with Crippen molar-refractivity contribution in [1.82, 2.24) is 15.2 Å². The van der Waals surface area contributed by atoms with Crippen LogP contribution in [0.15, 0.2) is 66.0 Å². The molecule has 1 fully saturated rings. The molecule has 1 aromatic heterocycles. The van der Waals surface area contributed by atoms with Crippen molar-refractivity contribution in [1.29, 1.82) is 0 Å². The van der Waals surface area contributed by atoms with E-state index in [1.807, 2.05) is 58.8 Å². The molecule has 3 amide bonds. The van der Waals surface area contributed by atoms with Crippen molar-refractivity contribution in [2.75, 3.05) is 18.4 Å². The zero-order valence-corrected chi connectivity index (χ0v) is 18.1. The number of carbonyl (C=O) groups excluding carboxylic acids is 2. The molecule has 31 heavy (non-hydrogen) atoms. The Balaban J connectivity index is 1.21. The third-order valence-corrected chi connectivity index (χ3v) is 6.24. The van der Waals surface area contributed by atoms with Crippen LogP contribution in [0.5, 0.6) is 0 Å². The predicted octanol–water partition coefficient (Wildman–Crippen LogP) is 4.09. The molecule has 7 heteroatoms. The van der Waals surface area contributed by atoms with E-state index in [1.54, 1.807) is 11.3 Å². The van der Waals surface area contributed by atoms with Gasteiger partial charge in [0.05, 0.1) is 17.1 Å². The highest BCUT2D eigenvalue weighted by atomic mass is 32.1. The summed E-state index contributed by atoms with van der Waals surface area (Å²) in [6.07, 6.45) is 2.63. The number of anilines is 1. The summed E-state index contributed by atoms with van der Waals surface area (Å²) in [5.74, 6) is 0.101. The highest BCUT2D eigenvalue weighted by Gasteiger charge is 2.24. The van der Waals surface area contributed by atoms with Gasteiger partial charge in [-0.15, -0.1) is 11.3 Å². The maximum Gasteiger partial charge on any atom is 0.319 e. The van der Waals surface area contributed by atoms with Gasteiger partial charge in [0.1, 0.15) is 0 Å². The Morgan fingerprint density at radius 1 is 1.00 bits per heavy atom. The van der Waals surface area contributed by atoms with Crippen molar-refractivity contribution in [3.8, 4) is 0 Å². The number of amides is 3. The Labute approximate surface area is 186 Å². The van der Waals surface area contributed by atoms with Crippen LogP contribution in [0.4, 0.5) is 10.5 Å². The van der Waals surface area contributed by atoms with E-state index >= 15 is 0 Å². The molecule has 0 spiro atoms. The summed E-state index contributed by atoms with van der Waals surface area (Å²) in [5, 5.41) is 8.86. The largest absolute Gasteiger partial charge is 0.342 e. The molecule has 0 bridgehead atoms. The summed E-state index contributed by atoms with van der Waals surface area (Å²) in [7, 11) is 0. The first-order valence-electron chi connectivity index (χ1n) is 10.5. The smallest absolute Gasteiger partial charge is 0.319 e. The van der Waals surface area contributed by atoms with E-state index < -0.39 is 0 Å². The van der Waals surface area contributed by atoms with Gasteiger partial charge in [-0.05, 0) is 30.5 Å². The van der Waals surface area contributed by atoms with Gasteiger partial charge in [0.25, 0.3) is 0 Å². The number of carbonyl (C=O) groups is 2. The van der Waals surface area contributed by atoms with Crippen LogP contribution in [-0.2, 0) is 17.6 Å². The van der Waals surface area contributed by atoms with Crippen LogP contribution in [0.2, 0.25) is 0 Å². The molecular formula is C24H26N4O2S. The fourth-order valence-corrected chi connectivity index (χ4v) is 4.52. The number of benzene rings is 2. The van der Waals surface area contributed by atoms with Crippen molar-refractivity contribution in [2.45, 2.75) is 31.7 Å². The van der Waals surface area contributed by atoms with Gasteiger partial charge < -0.3 is 15.5 Å². The van der Waals surface area contributed by atoms with Crippen LogP contribution in [0, 0.1) is 0 Å². The lowest BCUT2D eigenvalue weighted by Crippen LogP contribution is -2.47. The van der Waals surface area contributed by atoms with Gasteiger partial charge in [0, 0.05) is 36.6 Å². The van der Waals surface area contributed by atoms with Gasteiger partial charge in [-0.3, -0.25) is 4.79 Å². The van der Waals surface area contributed by atoms with Gasteiger partial charge >= 0.3 is 6.03 Å². The highest BCUT2D eigenvalue weighted by Crippen LogP contribution is 2.17. The van der Waals surface area contributed by atoms with Gasteiger partial charge in [-0.1, -0.05) is 48.5 Å². The molecule has 0 saturated carbocycles. The normalized spacial score (nSPS) is 14.3. The minimum Gasteiger partial charge on any atom is -0.342 e. The van der Waals surface area contributed by atoms with Crippen LogP contribution >= 0.6 is 11.3 Å². The molecule has 3 aromatic rings. The van der Waals surface area contributed by atoms with Crippen LogP contribution in [0.1, 0.15) is 29.1 Å². The van der Waals surface area contributed by atoms with Crippen molar-refractivity contribution >= 4 is 29.0 Å². The fraction of sp³-hybridized carbons (Fsp3) is 0.292. The molecular weight excluding hydrogens is 408 g/mol. The molecule has 1 saturated heterocycles. The lowest BCUT2D eigenvalue weighted by molar-refractivity contribution is -0.131. The summed E-state index contributed by atoms with van der Waals surface area (Å²) in [4.78, 5) is 31.4. The van der Waals surface area contributed by atoms with E-state index in [2.05, 4.69) is 27.8 Å². The average molecular weight is 435 g/mol. The molecule has 2 heterocycles. The van der Waals surface area contributed by atoms with Gasteiger partial charge in [0.15, 0.2) is 0 Å². The Bertz CT molecular complexity index is 999. The van der Waals surface area contributed by atoms with Gasteiger partial charge in [-0.25, -0.2) is 9.78 Å². The predicted molar refractivity (Wildman–Crippen MR) is 123 cm³/mol. The fourth-order valence-electron chi connectivity index (χ4n) is 3.70. The quantitative estimate of drug-likeness (QED) is 0.614. The molecule has 160 valence electrons. The van der Waals surface area contributed by atoms with Crippen molar-refractivity contribution in [3.05, 3.63) is 82.3 Å². The SMILES string of the molecule is O=C(Nc1ccccc1)NC1CCN(C(=O)Cc2csc(Cc3ccccc3)n2)CC1. The van der Waals surface area contributed by atoms with Gasteiger partial charge in [0.2, 0.25) is 5.91 Å². The minimum absolute atomic E-state index is 0.0736. The Morgan fingerprint density at radius 2 is 1.68 bits per heavy atom. The number of likely N-dealkylation sites (tertiary alicyclic amines) is 1. The van der Waals surface area contributed by atoms with E-state index in [9.17, 15) is 9.59 Å². The zero-order valence-electron chi connectivity index (χ0n) is 17.3. The summed E-state index contributed by atoms with van der Waals surface area (Å²) in [6, 6.07) is 19.5. The first-order valence-corrected chi connectivity index (χ1v) is 11.4. The number of hydrogen-bond donors (Lipinski definition) is 2. The zero-order chi connectivity index (χ0) is 21.5. The summed E-state index contributed by atoms with van der Waals surface area (Å²) < 4.78 is 0.